The second-order valence-electron chi connectivity index (χ2n) is 8.40. The van der Waals surface area contributed by atoms with Crippen LogP contribution in [0.5, 0.6) is 0 Å². The summed E-state index contributed by atoms with van der Waals surface area (Å²) in [7, 11) is 0. The van der Waals surface area contributed by atoms with Crippen molar-refractivity contribution in [3.8, 4) is 0 Å². The highest BCUT2D eigenvalue weighted by molar-refractivity contribution is 6.21. The fraction of sp³-hybridized carbons (Fsp3) is 0.727. The Morgan fingerprint density at radius 3 is 2.03 bits per heavy atom. The van der Waals surface area contributed by atoms with Gasteiger partial charge in [0, 0.05) is 5.92 Å². The summed E-state index contributed by atoms with van der Waals surface area (Å²) in [6.45, 7) is 3.69. The summed E-state index contributed by atoms with van der Waals surface area (Å²) in [6, 6.07) is 2.02. The van der Waals surface area contributed by atoms with E-state index in [2.05, 4.69) is 6.92 Å². The van der Waals surface area contributed by atoms with E-state index in [1.807, 2.05) is 0 Å². The van der Waals surface area contributed by atoms with Crippen LogP contribution in [0.2, 0.25) is 0 Å². The summed E-state index contributed by atoms with van der Waals surface area (Å²) in [5, 5.41) is -4.05. The van der Waals surface area contributed by atoms with E-state index in [1.165, 1.54) is 0 Å². The highest BCUT2D eigenvalue weighted by Gasteiger charge is 2.36. The maximum atomic E-state index is 14.0. The minimum atomic E-state index is -4.05. The van der Waals surface area contributed by atoms with Gasteiger partial charge in [-0.05, 0) is 86.1 Å². The van der Waals surface area contributed by atoms with E-state index in [1.54, 1.807) is 0 Å². The molecule has 0 N–H and O–H groups in total. The van der Waals surface area contributed by atoms with Crippen LogP contribution in [0.1, 0.15) is 75.3 Å². The molecule has 1 saturated heterocycles. The third-order valence-electron chi connectivity index (χ3n) is 6.21. The highest BCUT2D eigenvalue weighted by Crippen LogP contribution is 2.41. The molecule has 2 aliphatic rings. The average molecular weight is 437 g/mol. The second-order valence-corrected chi connectivity index (χ2v) is 8.88. The van der Waals surface area contributed by atoms with Crippen LogP contribution in [-0.2, 0) is 14.9 Å². The van der Waals surface area contributed by atoms with E-state index in [9.17, 15) is 17.6 Å². The number of benzene rings is 1. The van der Waals surface area contributed by atoms with Crippen molar-refractivity contribution in [1.29, 1.82) is 0 Å². The molecule has 1 aromatic rings. The fourth-order valence-electron chi connectivity index (χ4n) is 4.58. The van der Waals surface area contributed by atoms with Gasteiger partial charge in [0.25, 0.3) is 0 Å². The number of hydrogen-bond donors (Lipinski definition) is 0. The Morgan fingerprint density at radius 1 is 0.931 bits per heavy atom. The highest BCUT2D eigenvalue weighted by atomic mass is 35.5. The van der Waals surface area contributed by atoms with Crippen LogP contribution in [-0.4, -0.2) is 19.5 Å². The monoisotopic (exact) mass is 436 g/mol. The Bertz CT molecular complexity index is 640. The molecule has 1 heterocycles. The lowest BCUT2D eigenvalue weighted by Crippen LogP contribution is -2.32. The molecule has 0 radical (unpaired) electrons. The Balaban J connectivity index is 1.46. The summed E-state index contributed by atoms with van der Waals surface area (Å²) in [6.07, 6.45) is 7.42. The Kier molecular flexibility index (Phi) is 7.85. The minimum Gasteiger partial charge on any atom is -0.352 e. The van der Waals surface area contributed by atoms with Gasteiger partial charge in [-0.15, -0.1) is 0 Å². The Labute approximate surface area is 174 Å². The van der Waals surface area contributed by atoms with Crippen molar-refractivity contribution in [2.24, 2.45) is 11.8 Å². The van der Waals surface area contributed by atoms with Crippen molar-refractivity contribution in [2.45, 2.75) is 75.9 Å². The first-order chi connectivity index (χ1) is 13.8. The first-order valence-corrected chi connectivity index (χ1v) is 10.9. The van der Waals surface area contributed by atoms with Gasteiger partial charge in [-0.2, -0.15) is 8.78 Å². The summed E-state index contributed by atoms with van der Waals surface area (Å²) < 4.78 is 66.0. The second kappa shape index (κ2) is 9.97. The van der Waals surface area contributed by atoms with Gasteiger partial charge in [-0.25, -0.2) is 8.78 Å². The zero-order chi connectivity index (χ0) is 21.0. The van der Waals surface area contributed by atoms with Crippen LogP contribution in [0.4, 0.5) is 17.6 Å². The molecule has 0 bridgehead atoms. The van der Waals surface area contributed by atoms with Crippen LogP contribution in [0.3, 0.4) is 0 Å². The molecule has 7 heteroatoms. The van der Waals surface area contributed by atoms with Gasteiger partial charge in [-0.1, -0.05) is 13.3 Å². The molecule has 2 fully saturated rings. The van der Waals surface area contributed by atoms with Crippen LogP contribution < -0.4 is 0 Å². The topological polar surface area (TPSA) is 18.5 Å². The van der Waals surface area contributed by atoms with Gasteiger partial charge in [0.05, 0.1) is 13.2 Å². The van der Waals surface area contributed by atoms with Gasteiger partial charge < -0.3 is 9.47 Å². The van der Waals surface area contributed by atoms with Gasteiger partial charge in [0.1, 0.15) is 17.2 Å². The van der Waals surface area contributed by atoms with Crippen LogP contribution >= 0.6 is 11.6 Å². The van der Waals surface area contributed by atoms with Crippen molar-refractivity contribution < 1.29 is 27.0 Å². The van der Waals surface area contributed by atoms with Crippen molar-refractivity contribution in [3.63, 3.8) is 0 Å². The third-order valence-corrected chi connectivity index (χ3v) is 6.40. The van der Waals surface area contributed by atoms with Crippen LogP contribution in [0.15, 0.2) is 12.1 Å². The lowest BCUT2D eigenvalue weighted by atomic mass is 9.77. The SMILES string of the molecule is CCCC1COC(CCC2CCC(c3cc(F)c(C(F)(F)Cl)c(F)c3)CC2)OC1. The Morgan fingerprint density at radius 2 is 1.52 bits per heavy atom. The van der Waals surface area contributed by atoms with Gasteiger partial charge in [-0.3, -0.25) is 0 Å². The molecule has 0 unspecified atom stereocenters. The van der Waals surface area contributed by atoms with E-state index in [0.717, 1.165) is 76.7 Å². The van der Waals surface area contributed by atoms with Gasteiger partial charge in [0.15, 0.2) is 6.29 Å². The zero-order valence-corrected chi connectivity index (χ0v) is 17.5. The maximum absolute atomic E-state index is 14.0. The molecule has 29 heavy (non-hydrogen) atoms. The number of ether oxygens (including phenoxy) is 2. The first-order valence-electron chi connectivity index (χ1n) is 10.6. The molecule has 2 nitrogen and oxygen atoms in total. The van der Waals surface area contributed by atoms with Gasteiger partial charge in [0.2, 0.25) is 0 Å². The number of halogens is 5. The lowest BCUT2D eigenvalue weighted by Gasteiger charge is -2.32. The number of hydrogen-bond acceptors (Lipinski definition) is 2. The molecule has 1 saturated carbocycles. The fourth-order valence-corrected chi connectivity index (χ4v) is 4.76. The number of alkyl halides is 3. The molecule has 3 rings (SSSR count). The summed E-state index contributed by atoms with van der Waals surface area (Å²) in [4.78, 5) is 0. The largest absolute Gasteiger partial charge is 0.353 e. The standard InChI is InChI=1S/C22H29ClF4O2/c1-2-3-15-12-28-20(29-13-15)9-6-14-4-7-16(8-5-14)17-10-18(24)21(19(25)11-17)22(23,26)27/h10-11,14-16,20H,2-9,12-13H2,1H3. The van der Waals surface area contributed by atoms with Crippen molar-refractivity contribution in [3.05, 3.63) is 34.9 Å². The molecule has 164 valence electrons. The molecular weight excluding hydrogens is 408 g/mol. The quantitative estimate of drug-likeness (QED) is 0.335. The van der Waals surface area contributed by atoms with E-state index in [4.69, 9.17) is 21.1 Å². The van der Waals surface area contributed by atoms with E-state index < -0.39 is 22.6 Å². The smallest absolute Gasteiger partial charge is 0.352 e. The summed E-state index contributed by atoms with van der Waals surface area (Å²) >= 11 is 4.81. The van der Waals surface area contributed by atoms with Crippen molar-refractivity contribution in [1.82, 2.24) is 0 Å². The van der Waals surface area contributed by atoms with Crippen LogP contribution in [0, 0.1) is 23.5 Å². The molecule has 0 amide bonds. The predicted molar refractivity (Wildman–Crippen MR) is 104 cm³/mol. The third kappa shape index (κ3) is 6.08. The predicted octanol–water partition coefficient (Wildman–Crippen LogP) is 7.10. The molecule has 0 spiro atoms. The first kappa shape index (κ1) is 22.8. The maximum Gasteiger partial charge on any atom is 0.353 e. The van der Waals surface area contributed by atoms with Crippen LogP contribution in [0.25, 0.3) is 0 Å². The molecule has 1 aliphatic carbocycles. The van der Waals surface area contributed by atoms with E-state index >= 15 is 0 Å². The Hall–Kier alpha value is -0.850. The summed E-state index contributed by atoms with van der Waals surface area (Å²) in [5.74, 6) is -1.57. The normalized spacial score (nSPS) is 28.5. The number of rotatable bonds is 7. The zero-order valence-electron chi connectivity index (χ0n) is 16.7. The van der Waals surface area contributed by atoms with Gasteiger partial charge >= 0.3 is 5.38 Å². The molecule has 1 aromatic carbocycles. The lowest BCUT2D eigenvalue weighted by molar-refractivity contribution is -0.205. The summed E-state index contributed by atoms with van der Waals surface area (Å²) in [5.41, 5.74) is -0.936. The molecular formula is C22H29ClF4O2. The molecule has 0 aromatic heterocycles. The molecule has 1 aliphatic heterocycles. The molecule has 0 atom stereocenters. The minimum absolute atomic E-state index is 0.0229. The average Bonchev–Trinajstić information content (AvgIpc) is 2.66. The van der Waals surface area contributed by atoms with Crippen molar-refractivity contribution >= 4 is 11.6 Å². The van der Waals surface area contributed by atoms with E-state index in [-0.39, 0.29) is 12.2 Å². The van der Waals surface area contributed by atoms with Crippen molar-refractivity contribution in [2.75, 3.05) is 13.2 Å². The van der Waals surface area contributed by atoms with E-state index in [0.29, 0.717) is 17.4 Å².